The SMILES string of the molecule is CC(=O)Nc1cccc(OC(Cc2cc(Cl)cc(Cl)c2)c2ncc[nH]2)c1. The number of amides is 1. The first-order chi connectivity index (χ1) is 12.5. The highest BCUT2D eigenvalue weighted by Crippen LogP contribution is 2.28. The summed E-state index contributed by atoms with van der Waals surface area (Å²) in [5.74, 6) is 1.16. The largest absolute Gasteiger partial charge is 0.482 e. The van der Waals surface area contributed by atoms with Crippen LogP contribution in [-0.4, -0.2) is 15.9 Å². The number of nitrogens with one attached hydrogen (secondary N) is 2. The quantitative estimate of drug-likeness (QED) is 0.620. The molecule has 134 valence electrons. The number of rotatable bonds is 6. The number of nitrogens with zero attached hydrogens (tertiary/aromatic N) is 1. The van der Waals surface area contributed by atoms with E-state index < -0.39 is 0 Å². The molecule has 3 rings (SSSR count). The van der Waals surface area contributed by atoms with Gasteiger partial charge in [0.1, 0.15) is 11.6 Å². The van der Waals surface area contributed by atoms with E-state index in [0.717, 1.165) is 5.56 Å². The monoisotopic (exact) mass is 389 g/mol. The first kappa shape index (κ1) is 18.3. The van der Waals surface area contributed by atoms with Crippen LogP contribution < -0.4 is 10.1 Å². The summed E-state index contributed by atoms with van der Waals surface area (Å²) in [5, 5.41) is 3.88. The fourth-order valence-corrected chi connectivity index (χ4v) is 3.18. The predicted octanol–water partition coefficient (Wildman–Crippen LogP) is 5.04. The van der Waals surface area contributed by atoms with Crippen LogP contribution in [0.4, 0.5) is 5.69 Å². The minimum Gasteiger partial charge on any atom is -0.482 e. The average Bonchev–Trinajstić information content (AvgIpc) is 3.07. The lowest BCUT2D eigenvalue weighted by molar-refractivity contribution is -0.114. The Morgan fingerprint density at radius 1 is 1.23 bits per heavy atom. The van der Waals surface area contributed by atoms with Gasteiger partial charge in [0.05, 0.1) is 0 Å². The van der Waals surface area contributed by atoms with Gasteiger partial charge in [-0.05, 0) is 35.9 Å². The molecule has 7 heteroatoms. The van der Waals surface area contributed by atoms with E-state index in [1.54, 1.807) is 30.6 Å². The van der Waals surface area contributed by atoms with Gasteiger partial charge in [-0.25, -0.2) is 4.98 Å². The predicted molar refractivity (Wildman–Crippen MR) is 103 cm³/mol. The Balaban J connectivity index is 1.84. The maximum atomic E-state index is 11.2. The van der Waals surface area contributed by atoms with E-state index in [-0.39, 0.29) is 12.0 Å². The summed E-state index contributed by atoms with van der Waals surface area (Å²) in [6.45, 7) is 1.46. The van der Waals surface area contributed by atoms with Gasteiger partial charge in [0.25, 0.3) is 0 Å². The van der Waals surface area contributed by atoms with Crippen molar-refractivity contribution in [1.82, 2.24) is 9.97 Å². The molecule has 0 saturated carbocycles. The van der Waals surface area contributed by atoms with Gasteiger partial charge in [-0.1, -0.05) is 29.3 Å². The summed E-state index contributed by atoms with van der Waals surface area (Å²) in [5.41, 5.74) is 1.60. The zero-order chi connectivity index (χ0) is 18.5. The highest BCUT2D eigenvalue weighted by atomic mass is 35.5. The van der Waals surface area contributed by atoms with Crippen molar-refractivity contribution in [3.8, 4) is 5.75 Å². The van der Waals surface area contributed by atoms with Crippen LogP contribution in [0.5, 0.6) is 5.75 Å². The van der Waals surface area contributed by atoms with Crippen LogP contribution in [0.1, 0.15) is 24.4 Å². The average molecular weight is 390 g/mol. The van der Waals surface area contributed by atoms with Gasteiger partial charge in [-0.2, -0.15) is 0 Å². The molecule has 1 atom stereocenters. The van der Waals surface area contributed by atoms with E-state index in [4.69, 9.17) is 27.9 Å². The van der Waals surface area contributed by atoms with E-state index in [2.05, 4.69) is 15.3 Å². The van der Waals surface area contributed by atoms with Crippen molar-refractivity contribution in [3.63, 3.8) is 0 Å². The summed E-state index contributed by atoms with van der Waals surface area (Å²) in [4.78, 5) is 18.6. The zero-order valence-electron chi connectivity index (χ0n) is 14.0. The van der Waals surface area contributed by atoms with Crippen molar-refractivity contribution in [2.45, 2.75) is 19.4 Å². The Morgan fingerprint density at radius 2 is 2.00 bits per heavy atom. The van der Waals surface area contributed by atoms with Crippen molar-refractivity contribution in [2.24, 2.45) is 0 Å². The van der Waals surface area contributed by atoms with Crippen LogP contribution in [0.3, 0.4) is 0 Å². The molecule has 5 nitrogen and oxygen atoms in total. The van der Waals surface area contributed by atoms with Crippen LogP contribution in [-0.2, 0) is 11.2 Å². The number of hydrogen-bond acceptors (Lipinski definition) is 3. The van der Waals surface area contributed by atoms with Gasteiger partial charge in [0, 0.05) is 47.5 Å². The lowest BCUT2D eigenvalue weighted by Crippen LogP contribution is -2.13. The molecule has 1 unspecified atom stereocenters. The molecule has 0 aliphatic heterocycles. The molecule has 1 heterocycles. The summed E-state index contributed by atoms with van der Waals surface area (Å²) in [6, 6.07) is 12.6. The Morgan fingerprint density at radius 3 is 2.65 bits per heavy atom. The molecule has 1 amide bonds. The number of hydrogen-bond donors (Lipinski definition) is 2. The first-order valence-electron chi connectivity index (χ1n) is 7.98. The number of carbonyl (C=O) groups excluding carboxylic acids is 1. The first-order valence-corrected chi connectivity index (χ1v) is 8.74. The van der Waals surface area contributed by atoms with Crippen molar-refractivity contribution >= 4 is 34.8 Å². The maximum absolute atomic E-state index is 11.2. The number of halogens is 2. The topological polar surface area (TPSA) is 67.0 Å². The normalized spacial score (nSPS) is 11.8. The van der Waals surface area contributed by atoms with E-state index in [1.807, 2.05) is 24.3 Å². The van der Waals surface area contributed by atoms with Crippen molar-refractivity contribution in [2.75, 3.05) is 5.32 Å². The number of benzene rings is 2. The number of anilines is 1. The number of aromatic amines is 1. The molecule has 3 aromatic rings. The third-order valence-electron chi connectivity index (χ3n) is 3.60. The van der Waals surface area contributed by atoms with E-state index in [1.165, 1.54) is 6.92 Å². The Hall–Kier alpha value is -2.50. The van der Waals surface area contributed by atoms with Gasteiger partial charge in [-0.3, -0.25) is 4.79 Å². The smallest absolute Gasteiger partial charge is 0.221 e. The summed E-state index contributed by atoms with van der Waals surface area (Å²) in [6.07, 6.45) is 3.57. The fraction of sp³-hybridized carbons (Fsp3) is 0.158. The van der Waals surface area contributed by atoms with Gasteiger partial charge in [-0.15, -0.1) is 0 Å². The zero-order valence-corrected chi connectivity index (χ0v) is 15.5. The van der Waals surface area contributed by atoms with Gasteiger partial charge < -0.3 is 15.0 Å². The minimum absolute atomic E-state index is 0.140. The Bertz CT molecular complexity index is 877. The van der Waals surface area contributed by atoms with Crippen molar-refractivity contribution < 1.29 is 9.53 Å². The molecule has 0 saturated heterocycles. The second kappa shape index (κ2) is 8.25. The highest BCUT2D eigenvalue weighted by molar-refractivity contribution is 6.34. The van der Waals surface area contributed by atoms with Crippen LogP contribution >= 0.6 is 23.2 Å². The molecule has 0 aliphatic rings. The van der Waals surface area contributed by atoms with Crippen molar-refractivity contribution in [1.29, 1.82) is 0 Å². The van der Waals surface area contributed by atoms with Crippen LogP contribution in [0, 0.1) is 0 Å². The highest BCUT2D eigenvalue weighted by Gasteiger charge is 2.18. The number of H-pyrrole nitrogens is 1. The third-order valence-corrected chi connectivity index (χ3v) is 4.04. The molecular weight excluding hydrogens is 373 g/mol. The molecule has 0 radical (unpaired) electrons. The summed E-state index contributed by atoms with van der Waals surface area (Å²) >= 11 is 12.2. The number of aromatic nitrogens is 2. The molecule has 2 N–H and O–H groups in total. The standard InChI is InChI=1S/C19H17Cl2N3O2/c1-12(25)24-16-3-2-4-17(11-16)26-18(19-22-5-6-23-19)9-13-7-14(20)10-15(21)8-13/h2-8,10-11,18H,9H2,1H3,(H,22,23)(H,24,25). The maximum Gasteiger partial charge on any atom is 0.221 e. The molecule has 26 heavy (non-hydrogen) atoms. The van der Waals surface area contributed by atoms with Gasteiger partial charge in [0.2, 0.25) is 5.91 Å². The van der Waals surface area contributed by atoms with E-state index >= 15 is 0 Å². The van der Waals surface area contributed by atoms with Gasteiger partial charge in [0.15, 0.2) is 6.10 Å². The van der Waals surface area contributed by atoms with E-state index in [0.29, 0.717) is 33.7 Å². The Labute approximate surface area is 161 Å². The minimum atomic E-state index is -0.368. The molecule has 0 bridgehead atoms. The summed E-state index contributed by atoms with van der Waals surface area (Å²) < 4.78 is 6.13. The number of ether oxygens (including phenoxy) is 1. The van der Waals surface area contributed by atoms with Crippen LogP contribution in [0.15, 0.2) is 54.9 Å². The lowest BCUT2D eigenvalue weighted by Gasteiger charge is -2.18. The molecule has 2 aromatic carbocycles. The molecule has 1 aromatic heterocycles. The lowest BCUT2D eigenvalue weighted by atomic mass is 10.1. The van der Waals surface area contributed by atoms with Crippen LogP contribution in [0.2, 0.25) is 10.0 Å². The van der Waals surface area contributed by atoms with E-state index in [9.17, 15) is 4.79 Å². The second-order valence-electron chi connectivity index (χ2n) is 5.77. The molecule has 0 aliphatic carbocycles. The van der Waals surface area contributed by atoms with Crippen molar-refractivity contribution in [3.05, 3.63) is 76.3 Å². The summed E-state index contributed by atoms with van der Waals surface area (Å²) in [7, 11) is 0. The number of carbonyl (C=O) groups is 1. The van der Waals surface area contributed by atoms with Crippen LogP contribution in [0.25, 0.3) is 0 Å². The third kappa shape index (κ3) is 5.00. The number of imidazole rings is 1. The molecule has 0 fully saturated rings. The Kier molecular flexibility index (Phi) is 5.81. The molecular formula is C19H17Cl2N3O2. The molecule has 0 spiro atoms. The fourth-order valence-electron chi connectivity index (χ4n) is 2.61. The second-order valence-corrected chi connectivity index (χ2v) is 6.64. The van der Waals surface area contributed by atoms with Gasteiger partial charge >= 0.3 is 0 Å².